The average Bonchev–Trinajstić information content (AvgIpc) is 2.74. The van der Waals surface area contributed by atoms with Crippen LogP contribution in [-0.4, -0.2) is 31.0 Å². The molecule has 2 aromatic carbocycles. The fraction of sp³-hybridized carbons (Fsp3) is 0.136. The summed E-state index contributed by atoms with van der Waals surface area (Å²) in [7, 11) is 3.59. The number of benzene rings is 2. The lowest BCUT2D eigenvalue weighted by Crippen LogP contribution is -2.26. The van der Waals surface area contributed by atoms with Gasteiger partial charge in [0.2, 0.25) is 0 Å². The van der Waals surface area contributed by atoms with E-state index in [1.54, 1.807) is 49.6 Å². The molecule has 160 valence electrons. The van der Waals surface area contributed by atoms with Gasteiger partial charge in [-0.25, -0.2) is 13.6 Å². The molecule has 3 N–H and O–H groups in total. The van der Waals surface area contributed by atoms with Crippen LogP contribution in [-0.2, 0) is 6.54 Å². The first kappa shape index (κ1) is 21.7. The Morgan fingerprint density at radius 1 is 1.03 bits per heavy atom. The molecule has 3 aromatic rings. The number of hydrogen-bond acceptors (Lipinski definition) is 4. The van der Waals surface area contributed by atoms with Crippen molar-refractivity contribution in [2.24, 2.45) is 0 Å². The van der Waals surface area contributed by atoms with Gasteiger partial charge in [0, 0.05) is 50.5 Å². The number of anilines is 3. The van der Waals surface area contributed by atoms with Crippen molar-refractivity contribution >= 4 is 29.0 Å². The van der Waals surface area contributed by atoms with E-state index >= 15 is 0 Å². The number of nitrogens with zero attached hydrogens (tertiary/aromatic N) is 2. The van der Waals surface area contributed by atoms with Crippen molar-refractivity contribution in [3.05, 3.63) is 83.7 Å². The molecule has 1 aromatic heterocycles. The lowest BCUT2D eigenvalue weighted by atomic mass is 10.1. The summed E-state index contributed by atoms with van der Waals surface area (Å²) < 4.78 is 26.8. The van der Waals surface area contributed by atoms with Crippen LogP contribution in [0.5, 0.6) is 0 Å². The number of urea groups is 1. The molecule has 0 unspecified atom stereocenters. The topological polar surface area (TPSA) is 86.4 Å². The van der Waals surface area contributed by atoms with E-state index in [9.17, 15) is 18.4 Å². The molecule has 0 radical (unpaired) electrons. The number of rotatable bonds is 6. The van der Waals surface area contributed by atoms with Crippen LogP contribution in [0.25, 0.3) is 0 Å². The van der Waals surface area contributed by atoms with E-state index in [0.29, 0.717) is 29.5 Å². The minimum Gasteiger partial charge on any atom is -0.377 e. The van der Waals surface area contributed by atoms with Gasteiger partial charge in [-0.15, -0.1) is 0 Å². The summed E-state index contributed by atoms with van der Waals surface area (Å²) in [6.07, 6.45) is 3.30. The largest absolute Gasteiger partial charge is 0.377 e. The molecule has 3 rings (SSSR count). The lowest BCUT2D eigenvalue weighted by Gasteiger charge is -2.18. The van der Waals surface area contributed by atoms with Crippen LogP contribution in [0.3, 0.4) is 0 Å². The van der Waals surface area contributed by atoms with Crippen molar-refractivity contribution in [3.63, 3.8) is 0 Å². The summed E-state index contributed by atoms with van der Waals surface area (Å²) in [5.74, 6) is -1.97. The van der Waals surface area contributed by atoms with Gasteiger partial charge in [-0.1, -0.05) is 6.07 Å². The van der Waals surface area contributed by atoms with Crippen LogP contribution in [0.15, 0.2) is 60.9 Å². The molecule has 31 heavy (non-hydrogen) atoms. The zero-order valence-electron chi connectivity index (χ0n) is 16.9. The second kappa shape index (κ2) is 9.66. The SMILES string of the molecule is CN(C)c1ccc(NC(=O)Nc2ccc(F)cc2F)cc1C(=O)NCc1cccnc1. The molecule has 0 aliphatic heterocycles. The normalized spacial score (nSPS) is 10.3. The smallest absolute Gasteiger partial charge is 0.323 e. The Balaban J connectivity index is 1.74. The molecular formula is C22H21F2N5O2. The van der Waals surface area contributed by atoms with Crippen molar-refractivity contribution in [1.82, 2.24) is 10.3 Å². The Bertz CT molecular complexity index is 1090. The van der Waals surface area contributed by atoms with E-state index in [1.165, 1.54) is 6.07 Å². The Kier molecular flexibility index (Phi) is 6.76. The highest BCUT2D eigenvalue weighted by molar-refractivity contribution is 6.04. The summed E-state index contributed by atoms with van der Waals surface area (Å²) in [5.41, 5.74) is 2.01. The van der Waals surface area contributed by atoms with Crippen molar-refractivity contribution < 1.29 is 18.4 Å². The summed E-state index contributed by atoms with van der Waals surface area (Å²) in [4.78, 5) is 30.8. The number of carbonyl (C=O) groups is 2. The number of hydrogen-bond donors (Lipinski definition) is 3. The summed E-state index contributed by atoms with van der Waals surface area (Å²) >= 11 is 0. The molecule has 0 aliphatic carbocycles. The highest BCUT2D eigenvalue weighted by Crippen LogP contribution is 2.23. The number of nitrogens with one attached hydrogen (secondary N) is 3. The lowest BCUT2D eigenvalue weighted by molar-refractivity contribution is 0.0951. The van der Waals surface area contributed by atoms with Crippen LogP contribution in [0.4, 0.5) is 30.6 Å². The molecular weight excluding hydrogens is 404 g/mol. The first-order valence-electron chi connectivity index (χ1n) is 9.35. The Labute approximate surface area is 178 Å². The third-order valence-corrected chi connectivity index (χ3v) is 4.34. The maximum Gasteiger partial charge on any atom is 0.323 e. The molecule has 9 heteroatoms. The molecule has 0 atom stereocenters. The molecule has 0 aliphatic rings. The van der Waals surface area contributed by atoms with Gasteiger partial charge in [0.25, 0.3) is 5.91 Å². The Morgan fingerprint density at radius 3 is 2.52 bits per heavy atom. The minimum atomic E-state index is -0.895. The van der Waals surface area contributed by atoms with Gasteiger partial charge in [0.15, 0.2) is 0 Å². The van der Waals surface area contributed by atoms with Crippen molar-refractivity contribution in [2.75, 3.05) is 29.6 Å². The zero-order chi connectivity index (χ0) is 22.4. The molecule has 0 saturated heterocycles. The van der Waals surface area contributed by atoms with Gasteiger partial charge in [-0.2, -0.15) is 0 Å². The highest BCUT2D eigenvalue weighted by Gasteiger charge is 2.15. The van der Waals surface area contributed by atoms with Crippen molar-refractivity contribution in [3.8, 4) is 0 Å². The quantitative estimate of drug-likeness (QED) is 0.557. The van der Waals surface area contributed by atoms with Gasteiger partial charge in [0.1, 0.15) is 11.6 Å². The van der Waals surface area contributed by atoms with Gasteiger partial charge in [0.05, 0.1) is 11.3 Å². The number of amides is 3. The zero-order valence-corrected chi connectivity index (χ0v) is 16.9. The summed E-state index contributed by atoms with van der Waals surface area (Å²) in [6, 6.07) is 10.6. The van der Waals surface area contributed by atoms with E-state index in [4.69, 9.17) is 0 Å². The van der Waals surface area contributed by atoms with E-state index in [-0.39, 0.29) is 11.6 Å². The first-order chi connectivity index (χ1) is 14.8. The fourth-order valence-corrected chi connectivity index (χ4v) is 2.84. The van der Waals surface area contributed by atoms with Crippen LogP contribution >= 0.6 is 0 Å². The first-order valence-corrected chi connectivity index (χ1v) is 9.35. The van der Waals surface area contributed by atoms with Gasteiger partial charge in [-0.05, 0) is 42.0 Å². The predicted octanol–water partition coefficient (Wildman–Crippen LogP) is 4.00. The van der Waals surface area contributed by atoms with Gasteiger partial charge >= 0.3 is 6.03 Å². The second-order valence-electron chi connectivity index (χ2n) is 6.87. The molecule has 1 heterocycles. The highest BCUT2D eigenvalue weighted by atomic mass is 19.1. The molecule has 0 saturated carbocycles. The standard InChI is InChI=1S/C22H21F2N5O2/c1-29(2)20-8-6-16(27-22(31)28-19-7-5-15(23)10-18(19)24)11-17(20)21(30)26-13-14-4-3-9-25-12-14/h3-12H,13H2,1-2H3,(H,26,30)(H2,27,28,31). The van der Waals surface area contributed by atoms with E-state index < -0.39 is 17.7 Å². The third kappa shape index (κ3) is 5.75. The third-order valence-electron chi connectivity index (χ3n) is 4.34. The van der Waals surface area contributed by atoms with Gasteiger partial charge < -0.3 is 20.9 Å². The maximum absolute atomic E-state index is 13.7. The van der Waals surface area contributed by atoms with E-state index in [1.807, 2.05) is 6.07 Å². The van der Waals surface area contributed by atoms with Crippen LogP contribution in [0, 0.1) is 11.6 Å². The predicted molar refractivity (Wildman–Crippen MR) is 115 cm³/mol. The summed E-state index contributed by atoms with van der Waals surface area (Å²) in [5, 5.41) is 7.68. The summed E-state index contributed by atoms with van der Waals surface area (Å²) in [6.45, 7) is 0.293. The van der Waals surface area contributed by atoms with E-state index in [2.05, 4.69) is 20.9 Å². The molecule has 3 amide bonds. The van der Waals surface area contributed by atoms with E-state index in [0.717, 1.165) is 17.7 Å². The van der Waals surface area contributed by atoms with Crippen molar-refractivity contribution in [1.29, 1.82) is 0 Å². The van der Waals surface area contributed by atoms with Crippen LogP contribution < -0.4 is 20.9 Å². The number of aromatic nitrogens is 1. The second-order valence-corrected chi connectivity index (χ2v) is 6.87. The Morgan fingerprint density at radius 2 is 1.84 bits per heavy atom. The number of halogens is 2. The Hall–Kier alpha value is -4.01. The molecule has 0 fully saturated rings. The maximum atomic E-state index is 13.7. The number of carbonyl (C=O) groups excluding carboxylic acids is 2. The average molecular weight is 425 g/mol. The molecule has 0 spiro atoms. The molecule has 0 bridgehead atoms. The molecule has 7 nitrogen and oxygen atoms in total. The van der Waals surface area contributed by atoms with Crippen LogP contribution in [0.1, 0.15) is 15.9 Å². The fourth-order valence-electron chi connectivity index (χ4n) is 2.84. The van der Waals surface area contributed by atoms with Gasteiger partial charge in [-0.3, -0.25) is 9.78 Å². The van der Waals surface area contributed by atoms with Crippen LogP contribution in [0.2, 0.25) is 0 Å². The van der Waals surface area contributed by atoms with Crippen molar-refractivity contribution in [2.45, 2.75) is 6.54 Å². The number of pyridine rings is 1. The minimum absolute atomic E-state index is 0.168. The monoisotopic (exact) mass is 425 g/mol.